The first kappa shape index (κ1) is 13.7. The molecule has 0 fully saturated rings. The van der Waals surface area contributed by atoms with Gasteiger partial charge >= 0.3 is 5.97 Å². The molecule has 0 heterocycles. The third-order valence-corrected chi connectivity index (χ3v) is 2.29. The minimum atomic E-state index is -0.558. The molecule has 3 nitrogen and oxygen atoms in total. The van der Waals surface area contributed by atoms with E-state index in [9.17, 15) is 9.90 Å². The lowest BCUT2D eigenvalue weighted by molar-refractivity contribution is -0.133. The van der Waals surface area contributed by atoms with E-state index in [-0.39, 0.29) is 5.41 Å². The fourth-order valence-electron chi connectivity index (χ4n) is 1.04. The van der Waals surface area contributed by atoms with Crippen LogP contribution in [0.15, 0.2) is 12.7 Å². The van der Waals surface area contributed by atoms with Gasteiger partial charge in [-0.05, 0) is 11.8 Å². The predicted molar refractivity (Wildman–Crippen MR) is 59.0 cm³/mol. The molecule has 1 unspecified atom stereocenters. The molecule has 0 bridgehead atoms. The van der Waals surface area contributed by atoms with Gasteiger partial charge in [-0.2, -0.15) is 0 Å². The van der Waals surface area contributed by atoms with Crippen molar-refractivity contribution < 1.29 is 14.6 Å². The topological polar surface area (TPSA) is 46.5 Å². The average Bonchev–Trinajstić information content (AvgIpc) is 2.22. The van der Waals surface area contributed by atoms with Gasteiger partial charge in [0.15, 0.2) is 0 Å². The van der Waals surface area contributed by atoms with Crippen LogP contribution in [-0.2, 0) is 9.53 Å². The minimum Gasteiger partial charge on any atom is -0.459 e. The first-order valence-corrected chi connectivity index (χ1v) is 4.81. The number of carbonyl (C=O) groups excluding carboxylic acids is 1. The summed E-state index contributed by atoms with van der Waals surface area (Å²) >= 11 is 0. The van der Waals surface area contributed by atoms with E-state index >= 15 is 0 Å². The molecule has 0 saturated heterocycles. The van der Waals surface area contributed by atoms with Gasteiger partial charge < -0.3 is 9.84 Å². The van der Waals surface area contributed by atoms with E-state index in [0.29, 0.717) is 12.8 Å². The van der Waals surface area contributed by atoms with E-state index in [1.54, 1.807) is 0 Å². The van der Waals surface area contributed by atoms with Gasteiger partial charge in [0.2, 0.25) is 0 Å². The normalized spacial score (nSPS) is 12.3. The molecule has 15 heavy (non-hydrogen) atoms. The maximum Gasteiger partial charge on any atom is 0.384 e. The van der Waals surface area contributed by atoms with Gasteiger partial charge in [0.1, 0.15) is 0 Å². The summed E-state index contributed by atoms with van der Waals surface area (Å²) in [6.45, 7) is 7.40. The van der Waals surface area contributed by atoms with Crippen LogP contribution in [0.25, 0.3) is 0 Å². The molecule has 0 aromatic heterocycles. The number of ether oxygens (including phenoxy) is 1. The van der Waals surface area contributed by atoms with Gasteiger partial charge in [-0.25, -0.2) is 4.79 Å². The summed E-state index contributed by atoms with van der Waals surface area (Å²) in [5.41, 5.74) is -0.271. The molecule has 0 aliphatic heterocycles. The summed E-state index contributed by atoms with van der Waals surface area (Å²) in [4.78, 5) is 10.7. The molecule has 0 amide bonds. The Kier molecular flexibility index (Phi) is 5.73. The molecule has 84 valence electrons. The summed E-state index contributed by atoms with van der Waals surface area (Å²) in [5.74, 6) is 4.51. The molecular weight excluding hydrogens is 192 g/mol. The van der Waals surface area contributed by atoms with Crippen molar-refractivity contribution in [1.29, 1.82) is 0 Å². The van der Waals surface area contributed by atoms with Crippen molar-refractivity contribution in [2.24, 2.45) is 5.41 Å². The lowest BCUT2D eigenvalue weighted by atomic mass is 9.82. The van der Waals surface area contributed by atoms with Gasteiger partial charge in [-0.15, -0.1) is 6.58 Å². The summed E-state index contributed by atoms with van der Waals surface area (Å²) in [6.07, 6.45) is 2.20. The number of carbonyl (C=O) groups is 1. The van der Waals surface area contributed by atoms with Crippen LogP contribution in [0.3, 0.4) is 0 Å². The Balaban J connectivity index is 4.08. The molecule has 3 heteroatoms. The Bertz CT molecular complexity index is 281. The molecule has 0 radical (unpaired) electrons. The summed E-state index contributed by atoms with van der Waals surface area (Å²) in [6, 6.07) is 0. The summed E-state index contributed by atoms with van der Waals surface area (Å²) in [7, 11) is 1.29. The van der Waals surface area contributed by atoms with Gasteiger partial charge in [0.05, 0.1) is 13.2 Å². The molecule has 1 N–H and O–H groups in total. The number of hydrogen-bond acceptors (Lipinski definition) is 3. The highest BCUT2D eigenvalue weighted by Crippen LogP contribution is 2.27. The summed E-state index contributed by atoms with van der Waals surface area (Å²) in [5, 5.41) is 9.58. The van der Waals surface area contributed by atoms with Crippen LogP contribution < -0.4 is 0 Å². The second-order valence-corrected chi connectivity index (χ2v) is 3.96. The first-order valence-electron chi connectivity index (χ1n) is 4.81. The number of hydrogen-bond donors (Lipinski definition) is 1. The zero-order valence-corrected chi connectivity index (χ0v) is 9.54. The number of aliphatic hydroxyl groups excluding tert-OH is 1. The molecule has 0 aliphatic rings. The fraction of sp³-hybridized carbons (Fsp3) is 0.583. The van der Waals surface area contributed by atoms with Crippen molar-refractivity contribution in [2.45, 2.75) is 32.8 Å². The van der Waals surface area contributed by atoms with Gasteiger partial charge in [-0.1, -0.05) is 25.8 Å². The molecule has 1 atom stereocenters. The SMILES string of the molecule is C=CC(O)C(C)(C)CCC#CC(=O)OC. The smallest absolute Gasteiger partial charge is 0.384 e. The molecule has 0 rings (SSSR count). The Hall–Kier alpha value is -1.27. The monoisotopic (exact) mass is 210 g/mol. The van der Waals surface area contributed by atoms with E-state index in [1.165, 1.54) is 13.2 Å². The third kappa shape index (κ3) is 5.24. The van der Waals surface area contributed by atoms with Crippen molar-refractivity contribution in [2.75, 3.05) is 7.11 Å². The lowest BCUT2D eigenvalue weighted by Crippen LogP contribution is -2.26. The van der Waals surface area contributed by atoms with Crippen molar-refractivity contribution in [1.82, 2.24) is 0 Å². The van der Waals surface area contributed by atoms with E-state index in [0.717, 1.165) is 0 Å². The van der Waals surface area contributed by atoms with E-state index in [4.69, 9.17) is 0 Å². The zero-order chi connectivity index (χ0) is 11.9. The zero-order valence-electron chi connectivity index (χ0n) is 9.54. The molecule has 0 aromatic rings. The van der Waals surface area contributed by atoms with Crippen LogP contribution >= 0.6 is 0 Å². The molecule has 0 saturated carbocycles. The summed E-state index contributed by atoms with van der Waals surface area (Å²) < 4.78 is 4.37. The molecular formula is C12H18O3. The van der Waals surface area contributed by atoms with Crippen LogP contribution in [0.2, 0.25) is 0 Å². The van der Waals surface area contributed by atoms with Crippen LogP contribution in [0.4, 0.5) is 0 Å². The van der Waals surface area contributed by atoms with Crippen LogP contribution in [0.1, 0.15) is 26.7 Å². The Labute approximate surface area is 91.1 Å². The molecule has 0 aromatic carbocycles. The maximum absolute atomic E-state index is 10.7. The highest BCUT2D eigenvalue weighted by molar-refractivity contribution is 5.88. The second-order valence-electron chi connectivity index (χ2n) is 3.96. The first-order chi connectivity index (χ1) is 6.94. The van der Waals surface area contributed by atoms with Crippen molar-refractivity contribution in [3.8, 4) is 11.8 Å². The Morgan fingerprint density at radius 2 is 2.27 bits per heavy atom. The van der Waals surface area contributed by atoms with Crippen LogP contribution in [-0.4, -0.2) is 24.3 Å². The van der Waals surface area contributed by atoms with E-state index in [1.807, 2.05) is 13.8 Å². The minimum absolute atomic E-state index is 0.271. The van der Waals surface area contributed by atoms with E-state index < -0.39 is 12.1 Å². The Morgan fingerprint density at radius 1 is 1.67 bits per heavy atom. The molecule has 0 spiro atoms. The van der Waals surface area contributed by atoms with Crippen molar-refractivity contribution >= 4 is 5.97 Å². The van der Waals surface area contributed by atoms with Gasteiger partial charge in [0.25, 0.3) is 0 Å². The predicted octanol–water partition coefficient (Wildman–Crippen LogP) is 1.52. The van der Waals surface area contributed by atoms with E-state index in [2.05, 4.69) is 23.2 Å². The maximum atomic E-state index is 10.7. The van der Waals surface area contributed by atoms with Crippen LogP contribution in [0.5, 0.6) is 0 Å². The highest BCUT2D eigenvalue weighted by Gasteiger charge is 2.24. The number of methoxy groups -OCH3 is 1. The number of rotatable bonds is 4. The average molecular weight is 210 g/mol. The van der Waals surface area contributed by atoms with Crippen molar-refractivity contribution in [3.63, 3.8) is 0 Å². The Morgan fingerprint density at radius 3 is 2.73 bits per heavy atom. The number of esters is 1. The third-order valence-electron chi connectivity index (χ3n) is 2.29. The highest BCUT2D eigenvalue weighted by atomic mass is 16.5. The standard InChI is InChI=1S/C12H18O3/c1-5-10(13)12(2,3)9-7-6-8-11(14)15-4/h5,10,13H,1,7,9H2,2-4H3. The quantitative estimate of drug-likeness (QED) is 0.331. The number of aliphatic hydroxyl groups is 1. The van der Waals surface area contributed by atoms with Crippen LogP contribution in [0, 0.1) is 17.3 Å². The lowest BCUT2D eigenvalue weighted by Gasteiger charge is -2.27. The molecule has 0 aliphatic carbocycles. The fourth-order valence-corrected chi connectivity index (χ4v) is 1.04. The van der Waals surface area contributed by atoms with Gasteiger partial charge in [-0.3, -0.25) is 0 Å². The van der Waals surface area contributed by atoms with Gasteiger partial charge in [0, 0.05) is 12.3 Å². The van der Waals surface area contributed by atoms with Crippen molar-refractivity contribution in [3.05, 3.63) is 12.7 Å². The second kappa shape index (κ2) is 6.26. The largest absolute Gasteiger partial charge is 0.459 e.